The van der Waals surface area contributed by atoms with Crippen LogP contribution in [-0.4, -0.2) is 16.2 Å². The largest absolute Gasteiger partial charge is 0.507 e. The highest BCUT2D eigenvalue weighted by molar-refractivity contribution is 9.06. The standard InChI is InChI=1S/C8H8BrNO4/c9-14-8(13)4-1-6(11)5(3-10)7(12)2-4/h1-2,11-12H,3,10H2. The zero-order chi connectivity index (χ0) is 10.7. The molecular formula is C8H8BrNO4. The van der Waals surface area contributed by atoms with Crippen LogP contribution < -0.4 is 5.73 Å². The molecule has 76 valence electrons. The van der Waals surface area contributed by atoms with Crippen molar-refractivity contribution in [1.82, 2.24) is 0 Å². The van der Waals surface area contributed by atoms with Crippen LogP contribution in [0.5, 0.6) is 11.5 Å². The molecule has 14 heavy (non-hydrogen) atoms. The lowest BCUT2D eigenvalue weighted by molar-refractivity contribution is 0.0781. The van der Waals surface area contributed by atoms with E-state index < -0.39 is 5.97 Å². The van der Waals surface area contributed by atoms with E-state index in [1.807, 2.05) is 0 Å². The third kappa shape index (κ3) is 1.97. The summed E-state index contributed by atoms with van der Waals surface area (Å²) < 4.78 is 4.24. The molecule has 0 amide bonds. The minimum absolute atomic E-state index is 0.0126. The van der Waals surface area contributed by atoms with Crippen molar-refractivity contribution in [2.75, 3.05) is 0 Å². The zero-order valence-electron chi connectivity index (χ0n) is 7.03. The van der Waals surface area contributed by atoms with Gasteiger partial charge in [-0.25, -0.2) is 4.79 Å². The molecule has 0 saturated heterocycles. The molecule has 0 atom stereocenters. The number of phenols is 2. The molecule has 0 heterocycles. The summed E-state index contributed by atoms with van der Waals surface area (Å²) in [7, 11) is 0. The molecule has 6 heteroatoms. The van der Waals surface area contributed by atoms with E-state index in [1.165, 1.54) is 12.1 Å². The first kappa shape index (κ1) is 10.8. The second kappa shape index (κ2) is 4.30. The SMILES string of the molecule is NCc1c(O)cc(C(=O)OBr)cc1O. The van der Waals surface area contributed by atoms with Crippen molar-refractivity contribution in [3.05, 3.63) is 23.3 Å². The first-order valence-electron chi connectivity index (χ1n) is 3.68. The fourth-order valence-corrected chi connectivity index (χ4v) is 1.20. The number of nitrogens with two attached hydrogens (primary N) is 1. The van der Waals surface area contributed by atoms with Gasteiger partial charge >= 0.3 is 5.97 Å². The summed E-state index contributed by atoms with van der Waals surface area (Å²) in [5.74, 6) is -1.18. The Bertz CT molecular complexity index is 343. The van der Waals surface area contributed by atoms with Gasteiger partial charge in [-0.1, -0.05) is 0 Å². The maximum atomic E-state index is 11.0. The molecule has 0 aliphatic rings. The Kier molecular flexibility index (Phi) is 3.32. The number of phenolic OH excluding ortho intramolecular Hbond substituents is 2. The van der Waals surface area contributed by atoms with Gasteiger partial charge in [0.1, 0.15) is 11.5 Å². The van der Waals surface area contributed by atoms with E-state index in [0.717, 1.165) is 0 Å². The molecular weight excluding hydrogens is 254 g/mol. The number of halogens is 1. The molecule has 0 bridgehead atoms. The number of carbonyl (C=O) groups is 1. The van der Waals surface area contributed by atoms with Gasteiger partial charge < -0.3 is 19.8 Å². The van der Waals surface area contributed by atoms with Gasteiger partial charge in [-0.15, -0.1) is 0 Å². The van der Waals surface area contributed by atoms with Crippen molar-refractivity contribution in [1.29, 1.82) is 0 Å². The van der Waals surface area contributed by atoms with Crippen molar-refractivity contribution in [3.63, 3.8) is 0 Å². The third-order valence-electron chi connectivity index (χ3n) is 1.71. The first-order valence-corrected chi connectivity index (χ1v) is 4.32. The first-order chi connectivity index (χ1) is 6.60. The minimum Gasteiger partial charge on any atom is -0.507 e. The molecule has 1 rings (SSSR count). The van der Waals surface area contributed by atoms with E-state index in [9.17, 15) is 15.0 Å². The summed E-state index contributed by atoms with van der Waals surface area (Å²) in [6.45, 7) is -0.0126. The topological polar surface area (TPSA) is 92.8 Å². The second-order valence-electron chi connectivity index (χ2n) is 2.56. The molecule has 0 aliphatic carbocycles. The molecule has 4 N–H and O–H groups in total. The minimum atomic E-state index is -0.709. The Labute approximate surface area is 88.6 Å². The molecule has 1 aromatic rings. The maximum absolute atomic E-state index is 11.0. The summed E-state index contributed by atoms with van der Waals surface area (Å²) in [6.07, 6.45) is 0. The molecule has 0 aromatic heterocycles. The fraction of sp³-hybridized carbons (Fsp3) is 0.125. The van der Waals surface area contributed by atoms with E-state index in [2.05, 4.69) is 20.1 Å². The van der Waals surface area contributed by atoms with Crippen LogP contribution in [0.1, 0.15) is 15.9 Å². The van der Waals surface area contributed by atoms with Crippen LogP contribution >= 0.6 is 16.3 Å². The number of aromatic hydroxyl groups is 2. The zero-order valence-corrected chi connectivity index (χ0v) is 8.61. The molecule has 5 nitrogen and oxygen atoms in total. The van der Waals surface area contributed by atoms with E-state index in [0.29, 0.717) is 0 Å². The van der Waals surface area contributed by atoms with Gasteiger partial charge in [-0.2, -0.15) is 0 Å². The van der Waals surface area contributed by atoms with Gasteiger partial charge in [0.05, 0.1) is 5.56 Å². The average molecular weight is 262 g/mol. The van der Waals surface area contributed by atoms with Gasteiger partial charge in [0.2, 0.25) is 0 Å². The molecule has 0 fully saturated rings. The molecule has 0 unspecified atom stereocenters. The molecule has 0 saturated carbocycles. The van der Waals surface area contributed by atoms with Crippen LogP contribution in [0.2, 0.25) is 0 Å². The van der Waals surface area contributed by atoms with Crippen LogP contribution in [-0.2, 0) is 10.4 Å². The Morgan fingerprint density at radius 3 is 2.29 bits per heavy atom. The van der Waals surface area contributed by atoms with Crippen LogP contribution in [0.25, 0.3) is 0 Å². The number of hydrogen-bond acceptors (Lipinski definition) is 5. The summed E-state index contributed by atoms with van der Waals surface area (Å²) in [6, 6.07) is 2.34. The monoisotopic (exact) mass is 261 g/mol. The van der Waals surface area contributed by atoms with E-state index in [1.54, 1.807) is 0 Å². The van der Waals surface area contributed by atoms with Gasteiger partial charge in [0, 0.05) is 12.1 Å². The molecule has 1 aromatic carbocycles. The highest BCUT2D eigenvalue weighted by atomic mass is 79.9. The summed E-state index contributed by atoms with van der Waals surface area (Å²) >= 11 is 2.50. The van der Waals surface area contributed by atoms with Gasteiger partial charge in [0.15, 0.2) is 16.3 Å². The lowest BCUT2D eigenvalue weighted by Gasteiger charge is -2.06. The number of benzene rings is 1. The van der Waals surface area contributed by atoms with Crippen molar-refractivity contribution in [2.45, 2.75) is 6.54 Å². The van der Waals surface area contributed by atoms with Crippen molar-refractivity contribution in [3.8, 4) is 11.5 Å². The highest BCUT2D eigenvalue weighted by Crippen LogP contribution is 2.28. The van der Waals surface area contributed by atoms with Gasteiger partial charge in [0.25, 0.3) is 0 Å². The van der Waals surface area contributed by atoms with Gasteiger partial charge in [-0.3, -0.25) is 0 Å². The van der Waals surface area contributed by atoms with Crippen LogP contribution in [0.4, 0.5) is 0 Å². The van der Waals surface area contributed by atoms with Crippen molar-refractivity contribution < 1.29 is 18.8 Å². The average Bonchev–Trinajstić information content (AvgIpc) is 2.16. The smallest absolute Gasteiger partial charge is 0.349 e. The summed E-state index contributed by atoms with van der Waals surface area (Å²) in [4.78, 5) is 11.0. The van der Waals surface area contributed by atoms with Gasteiger partial charge in [-0.05, 0) is 12.1 Å². The van der Waals surface area contributed by atoms with Crippen molar-refractivity contribution >= 4 is 22.2 Å². The maximum Gasteiger partial charge on any atom is 0.349 e. The highest BCUT2D eigenvalue weighted by Gasteiger charge is 2.13. The van der Waals surface area contributed by atoms with E-state index in [-0.39, 0.29) is 29.2 Å². The normalized spacial score (nSPS) is 9.86. The van der Waals surface area contributed by atoms with E-state index >= 15 is 0 Å². The van der Waals surface area contributed by atoms with Crippen LogP contribution in [0, 0.1) is 0 Å². The second-order valence-corrected chi connectivity index (χ2v) is 2.89. The number of hydrogen-bond donors (Lipinski definition) is 3. The van der Waals surface area contributed by atoms with Crippen LogP contribution in [0.15, 0.2) is 12.1 Å². The number of rotatable bonds is 2. The fourth-order valence-electron chi connectivity index (χ4n) is 1.01. The predicted molar refractivity (Wildman–Crippen MR) is 52.0 cm³/mol. The lowest BCUT2D eigenvalue weighted by atomic mass is 10.1. The Morgan fingerprint density at radius 1 is 1.43 bits per heavy atom. The quantitative estimate of drug-likeness (QED) is 0.740. The predicted octanol–water partition coefficient (Wildman–Crippen LogP) is 1.02. The van der Waals surface area contributed by atoms with Crippen molar-refractivity contribution in [2.24, 2.45) is 5.73 Å². The van der Waals surface area contributed by atoms with Crippen LogP contribution in [0.3, 0.4) is 0 Å². The molecule has 0 spiro atoms. The molecule has 0 aliphatic heterocycles. The Hall–Kier alpha value is -1.27. The lowest BCUT2D eigenvalue weighted by Crippen LogP contribution is -2.01. The number of carbonyl (C=O) groups excluding carboxylic acids is 1. The Morgan fingerprint density at radius 2 is 1.93 bits per heavy atom. The summed E-state index contributed by atoms with van der Waals surface area (Å²) in [5, 5.41) is 18.7. The summed E-state index contributed by atoms with van der Waals surface area (Å²) in [5.41, 5.74) is 5.49. The van der Waals surface area contributed by atoms with E-state index in [4.69, 9.17) is 5.73 Å². The third-order valence-corrected chi connectivity index (χ3v) is 2.01. The molecule has 0 radical (unpaired) electrons. The Balaban J connectivity index is 3.20.